The van der Waals surface area contributed by atoms with E-state index in [1.807, 2.05) is 36.4 Å². The number of halogens is 1. The third-order valence-electron chi connectivity index (χ3n) is 8.70. The summed E-state index contributed by atoms with van der Waals surface area (Å²) in [6.07, 6.45) is 6.14. The average molecular weight is 553 g/mol. The molecule has 7 rings (SSSR count). The molecular weight excluding hydrogens is 519 g/mol. The van der Waals surface area contributed by atoms with E-state index >= 15 is 4.39 Å². The summed E-state index contributed by atoms with van der Waals surface area (Å²) in [6.45, 7) is 2.85. The molecule has 210 valence electrons. The van der Waals surface area contributed by atoms with Gasteiger partial charge in [0.05, 0.1) is 5.39 Å². The number of hydrogen-bond acceptors (Lipinski definition) is 8. The zero-order valence-corrected chi connectivity index (χ0v) is 23.1. The van der Waals surface area contributed by atoms with Crippen molar-refractivity contribution >= 4 is 27.5 Å². The molecule has 0 saturated carbocycles. The van der Waals surface area contributed by atoms with E-state index in [1.165, 1.54) is 0 Å². The minimum atomic E-state index is -0.510. The molecule has 2 bridgehead atoms. The van der Waals surface area contributed by atoms with Gasteiger partial charge in [-0.1, -0.05) is 42.2 Å². The van der Waals surface area contributed by atoms with Gasteiger partial charge in [-0.3, -0.25) is 4.98 Å². The first-order valence-electron chi connectivity index (χ1n) is 14.4. The summed E-state index contributed by atoms with van der Waals surface area (Å²) in [6, 6.07) is 12.7. The fraction of sp³-hybridized carbons (Fsp3) is 0.406. The van der Waals surface area contributed by atoms with Crippen molar-refractivity contribution in [1.29, 1.82) is 0 Å². The maximum absolute atomic E-state index is 16.6. The Kier molecular flexibility index (Phi) is 6.91. The minimum Gasteiger partial charge on any atom is -0.462 e. The number of nitrogens with zero attached hydrogens (tertiary/aromatic N) is 5. The molecule has 3 atom stereocenters. The van der Waals surface area contributed by atoms with Crippen LogP contribution in [-0.4, -0.2) is 83.0 Å². The van der Waals surface area contributed by atoms with Gasteiger partial charge >= 0.3 is 6.01 Å². The normalized spacial score (nSPS) is 22.3. The van der Waals surface area contributed by atoms with Crippen molar-refractivity contribution in [2.24, 2.45) is 0 Å². The maximum Gasteiger partial charge on any atom is 0.319 e. The Hall–Kier alpha value is -3.84. The average Bonchev–Trinajstić information content (AvgIpc) is 3.57. The van der Waals surface area contributed by atoms with Crippen molar-refractivity contribution in [3.05, 3.63) is 54.0 Å². The quantitative estimate of drug-likeness (QED) is 0.362. The Balaban J connectivity index is 1.36. The van der Waals surface area contributed by atoms with Crippen LogP contribution in [0.1, 0.15) is 31.2 Å². The summed E-state index contributed by atoms with van der Waals surface area (Å²) in [5.41, 5.74) is 1.74. The molecule has 2 aromatic heterocycles. The number of fused-ring (bicyclic) bond motifs is 4. The molecule has 0 spiro atoms. The van der Waals surface area contributed by atoms with Gasteiger partial charge in [-0.2, -0.15) is 9.97 Å². The number of pyridine rings is 1. The lowest BCUT2D eigenvalue weighted by Crippen LogP contribution is -2.51. The first-order valence-corrected chi connectivity index (χ1v) is 14.4. The molecule has 3 fully saturated rings. The molecule has 3 aliphatic rings. The Morgan fingerprint density at radius 2 is 1.90 bits per heavy atom. The Morgan fingerprint density at radius 1 is 1.10 bits per heavy atom. The molecule has 0 radical (unpaired) electrons. The summed E-state index contributed by atoms with van der Waals surface area (Å²) in [7, 11) is 2.10. The van der Waals surface area contributed by atoms with E-state index in [9.17, 15) is 5.11 Å². The van der Waals surface area contributed by atoms with Gasteiger partial charge in [0.15, 0.2) is 5.82 Å². The predicted molar refractivity (Wildman–Crippen MR) is 158 cm³/mol. The van der Waals surface area contributed by atoms with E-state index in [0.29, 0.717) is 47.1 Å². The number of likely N-dealkylation sites (N-methyl/N-ethyl adjacent to an activating group) is 1. The molecular formula is C32H33FN6O2. The number of piperazine rings is 1. The second-order valence-corrected chi connectivity index (χ2v) is 11.3. The number of likely N-dealkylation sites (tertiary alicyclic amines) is 1. The van der Waals surface area contributed by atoms with Gasteiger partial charge in [0, 0.05) is 53.9 Å². The molecule has 9 heteroatoms. The molecule has 8 nitrogen and oxygen atoms in total. The third kappa shape index (κ3) is 4.86. The number of aliphatic hydroxyl groups is 1. The smallest absolute Gasteiger partial charge is 0.319 e. The summed E-state index contributed by atoms with van der Waals surface area (Å²) in [5, 5.41) is 15.2. The molecule has 5 heterocycles. The van der Waals surface area contributed by atoms with Gasteiger partial charge in [-0.15, -0.1) is 0 Å². The minimum absolute atomic E-state index is 0.196. The highest BCUT2D eigenvalue weighted by Crippen LogP contribution is 2.37. The summed E-state index contributed by atoms with van der Waals surface area (Å²) in [5.74, 6) is 5.90. The Bertz CT molecular complexity index is 1670. The lowest BCUT2D eigenvalue weighted by Gasteiger charge is -2.34. The SMILES string of the molecule is CN1CCC[C@H]1COc1nc(N2C[C@H]3CC[C@@H](C2)N3)c2cnc(-c3cccc4cccc(C#CCO)c34)c(F)c2n1. The molecule has 0 unspecified atom stereocenters. The molecule has 3 aliphatic heterocycles. The predicted octanol–water partition coefficient (Wildman–Crippen LogP) is 3.74. The van der Waals surface area contributed by atoms with Crippen LogP contribution in [0, 0.1) is 17.7 Å². The number of benzene rings is 2. The highest BCUT2D eigenvalue weighted by atomic mass is 19.1. The number of nitrogens with one attached hydrogen (secondary N) is 1. The van der Waals surface area contributed by atoms with Crippen molar-refractivity contribution < 1.29 is 14.2 Å². The topological polar surface area (TPSA) is 86.6 Å². The molecule has 2 N–H and O–H groups in total. The second-order valence-electron chi connectivity index (χ2n) is 11.3. The summed E-state index contributed by atoms with van der Waals surface area (Å²) >= 11 is 0. The standard InChI is InChI=1S/C32H33FN6O2/c1-38-14-4-10-24(38)19-41-32-36-30-26(31(37-32)39-17-22-12-13-23(18-39)35-22)16-34-29(28(30)33)25-11-3-8-20-6-2-7-21(27(20)25)9-5-15-40/h2-3,6-8,11,16,22-24,35,40H,4,10,12-15,17-19H2,1H3/t22-,23+,24-/m0/s1. The molecule has 4 aromatic rings. The van der Waals surface area contributed by atoms with Crippen LogP contribution in [0.15, 0.2) is 42.6 Å². The number of rotatable bonds is 5. The monoisotopic (exact) mass is 552 g/mol. The van der Waals surface area contributed by atoms with Crippen LogP contribution in [-0.2, 0) is 0 Å². The van der Waals surface area contributed by atoms with E-state index in [-0.39, 0.29) is 23.8 Å². The highest BCUT2D eigenvalue weighted by Gasteiger charge is 2.34. The Labute approximate surface area is 238 Å². The van der Waals surface area contributed by atoms with Gasteiger partial charge in [0.2, 0.25) is 0 Å². The summed E-state index contributed by atoms with van der Waals surface area (Å²) < 4.78 is 22.8. The zero-order chi connectivity index (χ0) is 27.9. The van der Waals surface area contributed by atoms with Crippen molar-refractivity contribution in [1.82, 2.24) is 25.2 Å². The zero-order valence-electron chi connectivity index (χ0n) is 23.1. The second kappa shape index (κ2) is 10.9. The van der Waals surface area contributed by atoms with Crippen molar-refractivity contribution in [3.8, 4) is 29.1 Å². The number of aliphatic hydroxyl groups excluding tert-OH is 1. The van der Waals surface area contributed by atoms with E-state index in [1.54, 1.807) is 6.20 Å². The van der Waals surface area contributed by atoms with Crippen LogP contribution in [0.4, 0.5) is 10.2 Å². The van der Waals surface area contributed by atoms with Crippen LogP contribution >= 0.6 is 0 Å². The molecule has 0 amide bonds. The molecule has 0 aliphatic carbocycles. The van der Waals surface area contributed by atoms with Crippen molar-refractivity contribution in [2.75, 3.05) is 44.8 Å². The van der Waals surface area contributed by atoms with E-state index in [0.717, 1.165) is 56.1 Å². The summed E-state index contributed by atoms with van der Waals surface area (Å²) in [4.78, 5) is 18.7. The number of hydrogen-bond donors (Lipinski definition) is 2. The van der Waals surface area contributed by atoms with Gasteiger partial charge in [-0.25, -0.2) is 4.39 Å². The van der Waals surface area contributed by atoms with Crippen LogP contribution in [0.2, 0.25) is 0 Å². The fourth-order valence-electron chi connectivity index (χ4n) is 6.62. The number of anilines is 1. The van der Waals surface area contributed by atoms with Crippen molar-refractivity contribution in [3.63, 3.8) is 0 Å². The van der Waals surface area contributed by atoms with E-state index in [4.69, 9.17) is 9.72 Å². The highest BCUT2D eigenvalue weighted by molar-refractivity contribution is 6.02. The Morgan fingerprint density at radius 3 is 2.66 bits per heavy atom. The van der Waals surface area contributed by atoms with Crippen LogP contribution < -0.4 is 15.0 Å². The lowest BCUT2D eigenvalue weighted by atomic mass is 9.96. The third-order valence-corrected chi connectivity index (χ3v) is 8.70. The van der Waals surface area contributed by atoms with Crippen LogP contribution in [0.25, 0.3) is 32.9 Å². The van der Waals surface area contributed by atoms with Gasteiger partial charge < -0.3 is 25.0 Å². The fourth-order valence-corrected chi connectivity index (χ4v) is 6.62. The molecule has 2 aromatic carbocycles. The van der Waals surface area contributed by atoms with E-state index < -0.39 is 5.82 Å². The maximum atomic E-state index is 16.6. The first kappa shape index (κ1) is 26.1. The number of ether oxygens (including phenoxy) is 1. The molecule has 3 saturated heterocycles. The van der Waals surface area contributed by atoms with E-state index in [2.05, 4.69) is 44.0 Å². The first-order chi connectivity index (χ1) is 20.1. The van der Waals surface area contributed by atoms with Crippen LogP contribution in [0.5, 0.6) is 6.01 Å². The molecule has 41 heavy (non-hydrogen) atoms. The largest absolute Gasteiger partial charge is 0.462 e. The lowest BCUT2D eigenvalue weighted by molar-refractivity contribution is 0.188. The number of aromatic nitrogens is 3. The van der Waals surface area contributed by atoms with Crippen molar-refractivity contribution in [2.45, 2.75) is 43.8 Å². The van der Waals surface area contributed by atoms with Gasteiger partial charge in [-0.05, 0) is 50.7 Å². The van der Waals surface area contributed by atoms with Gasteiger partial charge in [0.25, 0.3) is 0 Å². The van der Waals surface area contributed by atoms with Crippen LogP contribution in [0.3, 0.4) is 0 Å². The van der Waals surface area contributed by atoms with Gasteiger partial charge in [0.1, 0.15) is 30.2 Å².